The molecule has 0 unspecified atom stereocenters. The molecule has 0 saturated carbocycles. The lowest BCUT2D eigenvalue weighted by molar-refractivity contribution is 0.0686. The summed E-state index contributed by atoms with van der Waals surface area (Å²) in [5.41, 5.74) is 2.18. The molecule has 6 nitrogen and oxygen atoms in total. The van der Waals surface area contributed by atoms with Crippen LogP contribution in [0.4, 0.5) is 0 Å². The summed E-state index contributed by atoms with van der Waals surface area (Å²) in [4.78, 5) is 10.9. The zero-order valence-electron chi connectivity index (χ0n) is 11.7. The van der Waals surface area contributed by atoms with Crippen molar-refractivity contribution in [3.8, 4) is 22.8 Å². The highest BCUT2D eigenvalue weighted by molar-refractivity contribution is 5.87. The van der Waals surface area contributed by atoms with Gasteiger partial charge in [-0.05, 0) is 25.5 Å². The van der Waals surface area contributed by atoms with E-state index in [9.17, 15) is 4.79 Å². The van der Waals surface area contributed by atoms with E-state index in [0.29, 0.717) is 22.8 Å². The Hall–Kier alpha value is -2.50. The number of hydrogen-bond donors (Lipinski definition) is 1. The monoisotopic (exact) mass is 277 g/mol. The van der Waals surface area contributed by atoms with Crippen molar-refractivity contribution < 1.29 is 23.9 Å². The van der Waals surface area contributed by atoms with E-state index in [4.69, 9.17) is 19.1 Å². The first kappa shape index (κ1) is 13.9. The topological polar surface area (TPSA) is 81.8 Å². The molecule has 2 aromatic rings. The predicted molar refractivity (Wildman–Crippen MR) is 71.5 cm³/mol. The largest absolute Gasteiger partial charge is 0.496 e. The van der Waals surface area contributed by atoms with Crippen molar-refractivity contribution in [2.75, 3.05) is 14.2 Å². The molecular weight excluding hydrogens is 262 g/mol. The summed E-state index contributed by atoms with van der Waals surface area (Å²) >= 11 is 0. The van der Waals surface area contributed by atoms with Gasteiger partial charge in [-0.3, -0.25) is 0 Å². The van der Waals surface area contributed by atoms with Gasteiger partial charge in [0.25, 0.3) is 0 Å². The fraction of sp³-hybridized carbons (Fsp3) is 0.286. The third-order valence-corrected chi connectivity index (χ3v) is 3.08. The van der Waals surface area contributed by atoms with Crippen LogP contribution >= 0.6 is 0 Å². The molecule has 20 heavy (non-hydrogen) atoms. The highest BCUT2D eigenvalue weighted by Gasteiger charge is 2.21. The minimum absolute atomic E-state index is 0.144. The van der Waals surface area contributed by atoms with Crippen LogP contribution < -0.4 is 9.47 Å². The maximum atomic E-state index is 10.9. The van der Waals surface area contributed by atoms with E-state index in [1.807, 2.05) is 19.9 Å². The fourth-order valence-electron chi connectivity index (χ4n) is 2.12. The van der Waals surface area contributed by atoms with Gasteiger partial charge in [-0.2, -0.15) is 0 Å². The Morgan fingerprint density at radius 2 is 1.95 bits per heavy atom. The lowest BCUT2D eigenvalue weighted by Crippen LogP contribution is -1.97. The van der Waals surface area contributed by atoms with Crippen LogP contribution in [0.2, 0.25) is 0 Å². The van der Waals surface area contributed by atoms with E-state index in [-0.39, 0.29) is 5.69 Å². The van der Waals surface area contributed by atoms with Gasteiger partial charge < -0.3 is 19.1 Å². The number of benzene rings is 1. The average Bonchev–Trinajstić information content (AvgIpc) is 2.89. The number of aromatic carboxylic acids is 1. The summed E-state index contributed by atoms with van der Waals surface area (Å²) in [6.07, 6.45) is 0. The summed E-state index contributed by atoms with van der Waals surface area (Å²) in [6, 6.07) is 3.22. The molecule has 0 atom stereocenters. The summed E-state index contributed by atoms with van der Waals surface area (Å²) < 4.78 is 15.8. The zero-order chi connectivity index (χ0) is 14.9. The van der Waals surface area contributed by atoms with E-state index in [1.165, 1.54) is 6.07 Å². The number of carboxylic acid groups (broad SMARTS) is 1. The average molecular weight is 277 g/mol. The van der Waals surface area contributed by atoms with E-state index in [2.05, 4.69) is 5.16 Å². The maximum Gasteiger partial charge on any atom is 0.358 e. The van der Waals surface area contributed by atoms with Crippen LogP contribution in [-0.2, 0) is 0 Å². The van der Waals surface area contributed by atoms with Crippen molar-refractivity contribution >= 4 is 5.97 Å². The molecule has 2 rings (SSSR count). The van der Waals surface area contributed by atoms with Gasteiger partial charge in [0.1, 0.15) is 11.5 Å². The second-order valence-electron chi connectivity index (χ2n) is 4.31. The molecule has 0 fully saturated rings. The summed E-state index contributed by atoms with van der Waals surface area (Å²) in [6.45, 7) is 3.72. The number of aryl methyl sites for hydroxylation is 1. The zero-order valence-corrected chi connectivity index (χ0v) is 11.7. The maximum absolute atomic E-state index is 10.9. The first-order valence-corrected chi connectivity index (χ1v) is 5.92. The van der Waals surface area contributed by atoms with E-state index >= 15 is 0 Å². The number of hydrogen-bond acceptors (Lipinski definition) is 5. The molecule has 0 aliphatic rings. The van der Waals surface area contributed by atoms with Gasteiger partial charge in [-0.15, -0.1) is 0 Å². The molecule has 1 N–H and O–H groups in total. The Bertz CT molecular complexity index is 660. The van der Waals surface area contributed by atoms with Crippen LogP contribution in [0.5, 0.6) is 11.5 Å². The number of aromatic nitrogens is 1. The van der Waals surface area contributed by atoms with E-state index < -0.39 is 5.97 Å². The van der Waals surface area contributed by atoms with Crippen molar-refractivity contribution in [3.63, 3.8) is 0 Å². The number of carboxylic acids is 1. The highest BCUT2D eigenvalue weighted by Crippen LogP contribution is 2.40. The standard InChI is InChI=1S/C14H15NO5/c1-7-5-10(18-3)8(2)13(19-4)12(7)11-6-9(14(16)17)15-20-11/h5-6H,1-4H3,(H,16,17). The van der Waals surface area contributed by atoms with Gasteiger partial charge >= 0.3 is 5.97 Å². The van der Waals surface area contributed by atoms with E-state index in [0.717, 1.165) is 11.1 Å². The van der Waals surface area contributed by atoms with Crippen LogP contribution in [0, 0.1) is 13.8 Å². The number of methoxy groups -OCH3 is 2. The lowest BCUT2D eigenvalue weighted by atomic mass is 10.0. The molecule has 0 aliphatic heterocycles. The first-order chi connectivity index (χ1) is 9.49. The second-order valence-corrected chi connectivity index (χ2v) is 4.31. The summed E-state index contributed by atoms with van der Waals surface area (Å²) in [5.74, 6) is 0.486. The number of rotatable bonds is 4. The Morgan fingerprint density at radius 1 is 1.25 bits per heavy atom. The van der Waals surface area contributed by atoms with Crippen LogP contribution in [0.15, 0.2) is 16.7 Å². The highest BCUT2D eigenvalue weighted by atomic mass is 16.5. The Kier molecular flexibility index (Phi) is 3.65. The first-order valence-electron chi connectivity index (χ1n) is 5.92. The minimum atomic E-state index is -1.14. The molecule has 106 valence electrons. The molecule has 1 aromatic carbocycles. The van der Waals surface area contributed by atoms with Crippen LogP contribution in [0.25, 0.3) is 11.3 Å². The van der Waals surface area contributed by atoms with Gasteiger partial charge in [0, 0.05) is 11.6 Å². The van der Waals surface area contributed by atoms with Crippen LogP contribution in [-0.4, -0.2) is 30.5 Å². The van der Waals surface area contributed by atoms with Crippen LogP contribution in [0.1, 0.15) is 21.6 Å². The van der Waals surface area contributed by atoms with Crippen molar-refractivity contribution in [1.29, 1.82) is 0 Å². The molecule has 1 heterocycles. The van der Waals surface area contributed by atoms with Gasteiger partial charge in [0.05, 0.1) is 19.8 Å². The molecule has 0 saturated heterocycles. The van der Waals surface area contributed by atoms with Crippen molar-refractivity contribution in [3.05, 3.63) is 29.0 Å². The SMILES string of the molecule is COc1cc(C)c(-c2cc(C(=O)O)no2)c(OC)c1C. The van der Waals surface area contributed by atoms with Crippen molar-refractivity contribution in [2.24, 2.45) is 0 Å². The molecule has 0 aliphatic carbocycles. The normalized spacial score (nSPS) is 10.4. The predicted octanol–water partition coefficient (Wildman–Crippen LogP) is 2.67. The lowest BCUT2D eigenvalue weighted by Gasteiger charge is -2.15. The summed E-state index contributed by atoms with van der Waals surface area (Å²) in [7, 11) is 3.12. The van der Waals surface area contributed by atoms with Gasteiger partial charge in [-0.25, -0.2) is 4.79 Å². The number of ether oxygens (including phenoxy) is 2. The Morgan fingerprint density at radius 3 is 2.45 bits per heavy atom. The van der Waals surface area contributed by atoms with Gasteiger partial charge in [0.2, 0.25) is 0 Å². The quantitative estimate of drug-likeness (QED) is 0.925. The third-order valence-electron chi connectivity index (χ3n) is 3.08. The van der Waals surface area contributed by atoms with Gasteiger partial charge in [-0.1, -0.05) is 5.16 Å². The second kappa shape index (κ2) is 5.24. The number of nitrogens with zero attached hydrogens (tertiary/aromatic N) is 1. The molecule has 6 heteroatoms. The van der Waals surface area contributed by atoms with Crippen LogP contribution in [0.3, 0.4) is 0 Å². The van der Waals surface area contributed by atoms with Gasteiger partial charge in [0.15, 0.2) is 11.5 Å². The molecule has 0 spiro atoms. The molecule has 1 aromatic heterocycles. The third kappa shape index (κ3) is 2.20. The summed E-state index contributed by atoms with van der Waals surface area (Å²) in [5, 5.41) is 12.4. The smallest absolute Gasteiger partial charge is 0.358 e. The minimum Gasteiger partial charge on any atom is -0.496 e. The van der Waals surface area contributed by atoms with Crippen molar-refractivity contribution in [1.82, 2.24) is 5.16 Å². The van der Waals surface area contributed by atoms with Crippen molar-refractivity contribution in [2.45, 2.75) is 13.8 Å². The Balaban J connectivity index is 2.66. The molecule has 0 bridgehead atoms. The Labute approximate surface area is 115 Å². The molecular formula is C14H15NO5. The van der Waals surface area contributed by atoms with E-state index in [1.54, 1.807) is 14.2 Å². The number of carbonyl (C=O) groups is 1. The fourth-order valence-corrected chi connectivity index (χ4v) is 2.12. The molecule has 0 radical (unpaired) electrons. The molecule has 0 amide bonds.